The Morgan fingerprint density at radius 2 is 1.86 bits per heavy atom. The van der Waals surface area contributed by atoms with Crippen molar-refractivity contribution in [3.63, 3.8) is 0 Å². The van der Waals surface area contributed by atoms with Gasteiger partial charge in [-0.25, -0.2) is 0 Å². The first-order valence-corrected chi connectivity index (χ1v) is 9.66. The van der Waals surface area contributed by atoms with Crippen molar-refractivity contribution >= 4 is 17.2 Å². The number of amides is 1. The highest BCUT2D eigenvalue weighted by Gasteiger charge is 2.26. The van der Waals surface area contributed by atoms with Gasteiger partial charge in [0.05, 0.1) is 4.88 Å². The molecule has 1 saturated carbocycles. The molecule has 1 aliphatic heterocycles. The van der Waals surface area contributed by atoms with E-state index in [1.807, 2.05) is 11.3 Å². The minimum absolute atomic E-state index is 0.267. The second-order valence-corrected chi connectivity index (χ2v) is 7.87. The van der Waals surface area contributed by atoms with Crippen LogP contribution in [-0.4, -0.2) is 44.7 Å². The van der Waals surface area contributed by atoms with Crippen LogP contribution in [0.2, 0.25) is 0 Å². The van der Waals surface area contributed by atoms with Gasteiger partial charge in [0.1, 0.15) is 32.7 Å². The van der Waals surface area contributed by atoms with Gasteiger partial charge in [-0.15, -0.1) is 11.3 Å². The quantitative estimate of drug-likeness (QED) is 0.670. The highest BCUT2D eigenvalue weighted by atomic mass is 32.1. The van der Waals surface area contributed by atoms with E-state index in [1.54, 1.807) is 4.90 Å². The number of piperazine rings is 1. The van der Waals surface area contributed by atoms with E-state index >= 15 is 0 Å². The maximum Gasteiger partial charge on any atom is 0.275 e. The van der Waals surface area contributed by atoms with Gasteiger partial charge in [0.25, 0.3) is 5.91 Å². The molecule has 2 fully saturated rings. The van der Waals surface area contributed by atoms with Crippen LogP contribution >= 0.6 is 11.3 Å². The summed E-state index contributed by atoms with van der Waals surface area (Å²) in [6.45, 7) is 6.44. The summed E-state index contributed by atoms with van der Waals surface area (Å²) < 4.78 is 0. The number of nitrogens with one attached hydrogen (secondary N) is 3. The Morgan fingerprint density at radius 1 is 1.14 bits per heavy atom. The molecule has 122 valence electrons. The SMILES string of the molecule is O=C(C[NH+]1CC[NH+](Cc2cccs2)CC1)NC1CCCCC1. The Hall–Kier alpha value is -0.910. The fourth-order valence-electron chi connectivity index (χ4n) is 3.72. The van der Waals surface area contributed by atoms with Crippen LogP contribution in [0.4, 0.5) is 0 Å². The number of rotatable bonds is 5. The zero-order chi connectivity index (χ0) is 15.2. The van der Waals surface area contributed by atoms with E-state index in [0.717, 1.165) is 19.6 Å². The van der Waals surface area contributed by atoms with E-state index in [0.29, 0.717) is 12.6 Å². The average Bonchev–Trinajstić information content (AvgIpc) is 3.03. The van der Waals surface area contributed by atoms with Crippen LogP contribution in [0.5, 0.6) is 0 Å². The van der Waals surface area contributed by atoms with Gasteiger partial charge in [-0.1, -0.05) is 25.3 Å². The average molecular weight is 324 g/mol. The molecule has 3 N–H and O–H groups in total. The number of hydrogen-bond donors (Lipinski definition) is 3. The predicted molar refractivity (Wildman–Crippen MR) is 89.3 cm³/mol. The minimum Gasteiger partial charge on any atom is -0.348 e. The molecule has 22 heavy (non-hydrogen) atoms. The van der Waals surface area contributed by atoms with Gasteiger partial charge in [0.15, 0.2) is 6.54 Å². The third kappa shape index (κ3) is 4.80. The molecule has 2 heterocycles. The largest absolute Gasteiger partial charge is 0.348 e. The van der Waals surface area contributed by atoms with Crippen LogP contribution in [0.15, 0.2) is 17.5 Å². The zero-order valence-corrected chi connectivity index (χ0v) is 14.2. The topological polar surface area (TPSA) is 38.0 Å². The molecule has 0 radical (unpaired) electrons. The summed E-state index contributed by atoms with van der Waals surface area (Å²) in [7, 11) is 0. The van der Waals surface area contributed by atoms with Crippen molar-refractivity contribution in [2.45, 2.75) is 44.7 Å². The minimum atomic E-state index is 0.267. The second kappa shape index (κ2) is 8.09. The smallest absolute Gasteiger partial charge is 0.275 e. The lowest BCUT2D eigenvalue weighted by molar-refractivity contribution is -1.01. The molecule has 1 aliphatic carbocycles. The van der Waals surface area contributed by atoms with E-state index in [4.69, 9.17) is 0 Å². The summed E-state index contributed by atoms with van der Waals surface area (Å²) in [5, 5.41) is 5.41. The van der Waals surface area contributed by atoms with Crippen LogP contribution < -0.4 is 15.1 Å². The first-order chi connectivity index (χ1) is 10.8. The van der Waals surface area contributed by atoms with Crippen molar-refractivity contribution < 1.29 is 14.6 Å². The first-order valence-electron chi connectivity index (χ1n) is 8.78. The summed E-state index contributed by atoms with van der Waals surface area (Å²) >= 11 is 1.86. The number of thiophene rings is 1. The van der Waals surface area contributed by atoms with E-state index in [2.05, 4.69) is 22.8 Å². The first kappa shape index (κ1) is 16.0. The molecule has 1 amide bonds. The zero-order valence-electron chi connectivity index (χ0n) is 13.4. The Labute approximate surface area is 137 Å². The maximum atomic E-state index is 12.2. The number of carbonyl (C=O) groups is 1. The number of quaternary nitrogens is 2. The van der Waals surface area contributed by atoms with Crippen molar-refractivity contribution in [1.82, 2.24) is 5.32 Å². The molecular weight excluding hydrogens is 294 g/mol. The third-order valence-corrected chi connectivity index (χ3v) is 5.93. The van der Waals surface area contributed by atoms with Gasteiger partial charge < -0.3 is 15.1 Å². The molecule has 1 saturated heterocycles. The van der Waals surface area contributed by atoms with Crippen molar-refractivity contribution in [3.05, 3.63) is 22.4 Å². The highest BCUT2D eigenvalue weighted by molar-refractivity contribution is 7.09. The van der Waals surface area contributed by atoms with Gasteiger partial charge in [-0.05, 0) is 24.3 Å². The molecule has 0 unspecified atom stereocenters. The standard InChI is InChI=1S/C17H27N3OS/c21-17(18-15-5-2-1-3-6-15)14-20-10-8-19(9-11-20)13-16-7-4-12-22-16/h4,7,12,15H,1-3,5-6,8-11,13-14H2,(H,18,21)/p+2. The third-order valence-electron chi connectivity index (χ3n) is 5.05. The maximum absolute atomic E-state index is 12.2. The van der Waals surface area contributed by atoms with E-state index in [9.17, 15) is 4.79 Å². The molecule has 0 atom stereocenters. The molecule has 0 spiro atoms. The normalized spacial score (nSPS) is 26.7. The van der Waals surface area contributed by atoms with E-state index < -0.39 is 0 Å². The Kier molecular flexibility index (Phi) is 5.87. The van der Waals surface area contributed by atoms with Crippen molar-refractivity contribution in [3.8, 4) is 0 Å². The summed E-state index contributed by atoms with van der Waals surface area (Å²) in [6.07, 6.45) is 6.26. The molecule has 3 rings (SSSR count). The second-order valence-electron chi connectivity index (χ2n) is 6.84. The van der Waals surface area contributed by atoms with E-state index in [1.165, 1.54) is 55.0 Å². The fraction of sp³-hybridized carbons (Fsp3) is 0.706. The number of carbonyl (C=O) groups excluding carboxylic acids is 1. The van der Waals surface area contributed by atoms with Gasteiger partial charge in [0, 0.05) is 6.04 Å². The lowest BCUT2D eigenvalue weighted by Crippen LogP contribution is -3.28. The highest BCUT2D eigenvalue weighted by Crippen LogP contribution is 2.16. The van der Waals surface area contributed by atoms with Gasteiger partial charge >= 0.3 is 0 Å². The van der Waals surface area contributed by atoms with Crippen molar-refractivity contribution in [2.24, 2.45) is 0 Å². The summed E-state index contributed by atoms with van der Waals surface area (Å²) in [5.74, 6) is 0.267. The molecule has 0 aromatic carbocycles. The van der Waals surface area contributed by atoms with Crippen LogP contribution in [0.1, 0.15) is 37.0 Å². The molecule has 1 aromatic heterocycles. The van der Waals surface area contributed by atoms with Gasteiger partial charge in [0.2, 0.25) is 0 Å². The number of hydrogen-bond acceptors (Lipinski definition) is 2. The molecule has 2 aliphatic rings. The molecular formula is C17H29N3OS+2. The Balaban J connectivity index is 1.35. The molecule has 1 aromatic rings. The van der Waals surface area contributed by atoms with Crippen LogP contribution in [0.25, 0.3) is 0 Å². The summed E-state index contributed by atoms with van der Waals surface area (Å²) in [5.41, 5.74) is 0. The Bertz CT molecular complexity index is 448. The molecule has 5 heteroatoms. The monoisotopic (exact) mass is 323 g/mol. The predicted octanol–water partition coefficient (Wildman–Crippen LogP) is -0.520. The van der Waals surface area contributed by atoms with Gasteiger partial charge in [-0.3, -0.25) is 4.79 Å². The van der Waals surface area contributed by atoms with Crippen LogP contribution in [0.3, 0.4) is 0 Å². The molecule has 4 nitrogen and oxygen atoms in total. The summed E-state index contributed by atoms with van der Waals surface area (Å²) in [4.78, 5) is 16.8. The lowest BCUT2D eigenvalue weighted by Gasteiger charge is -2.30. The fourth-order valence-corrected chi connectivity index (χ4v) is 4.50. The van der Waals surface area contributed by atoms with Crippen LogP contribution in [0, 0.1) is 0 Å². The van der Waals surface area contributed by atoms with E-state index in [-0.39, 0.29) is 5.91 Å². The van der Waals surface area contributed by atoms with Crippen molar-refractivity contribution in [1.29, 1.82) is 0 Å². The lowest BCUT2D eigenvalue weighted by atomic mass is 9.95. The summed E-state index contributed by atoms with van der Waals surface area (Å²) in [6, 6.07) is 4.82. The van der Waals surface area contributed by atoms with Crippen LogP contribution in [-0.2, 0) is 11.3 Å². The Morgan fingerprint density at radius 3 is 2.55 bits per heavy atom. The van der Waals surface area contributed by atoms with Gasteiger partial charge in [-0.2, -0.15) is 0 Å². The van der Waals surface area contributed by atoms with Crippen molar-refractivity contribution in [2.75, 3.05) is 32.7 Å². The molecule has 0 bridgehead atoms.